The highest BCUT2D eigenvalue weighted by molar-refractivity contribution is 7.98. The standard InChI is InChI=1S/C19H18N4O2S2/c24-27(25,17-11-10-15-8-4-5-9-16(15)12-17)23-18-20-19(22-21-18)26-13-14-6-2-1-3-7-14/h1-9,12H,10-11,13H2,(H2,20,21,22,23). The number of hydrogen-bond donors (Lipinski definition) is 2. The molecular weight excluding hydrogens is 380 g/mol. The lowest BCUT2D eigenvalue weighted by atomic mass is 9.98. The second-order valence-electron chi connectivity index (χ2n) is 6.16. The van der Waals surface area contributed by atoms with Gasteiger partial charge in [-0.2, -0.15) is 4.98 Å². The van der Waals surface area contributed by atoms with Crippen LogP contribution in [0.3, 0.4) is 0 Å². The van der Waals surface area contributed by atoms with Crippen LogP contribution in [0.25, 0.3) is 6.08 Å². The second kappa shape index (κ2) is 7.58. The number of aryl methyl sites for hydroxylation is 1. The van der Waals surface area contributed by atoms with Gasteiger partial charge in [-0.25, -0.2) is 18.2 Å². The van der Waals surface area contributed by atoms with Crippen molar-refractivity contribution < 1.29 is 8.42 Å². The minimum atomic E-state index is -3.66. The minimum Gasteiger partial charge on any atom is -0.248 e. The maximum atomic E-state index is 12.7. The zero-order chi connectivity index (χ0) is 18.7. The molecule has 1 aromatic heterocycles. The molecule has 0 amide bonds. The highest BCUT2D eigenvalue weighted by Gasteiger charge is 2.23. The summed E-state index contributed by atoms with van der Waals surface area (Å²) in [5.41, 5.74) is 3.26. The number of hydrogen-bond acceptors (Lipinski definition) is 5. The summed E-state index contributed by atoms with van der Waals surface area (Å²) in [5, 5.41) is 7.23. The molecule has 4 rings (SSSR count). The Hall–Kier alpha value is -2.58. The van der Waals surface area contributed by atoms with Gasteiger partial charge in [-0.3, -0.25) is 0 Å². The molecule has 6 nitrogen and oxygen atoms in total. The molecule has 3 aromatic rings. The SMILES string of the molecule is O=S(=O)(Nc1nc(SCc2ccccc2)n[nH]1)C1=Cc2ccccc2CC1. The third-order valence-corrected chi connectivity index (χ3v) is 6.66. The van der Waals surface area contributed by atoms with Crippen molar-refractivity contribution in [2.75, 3.05) is 4.72 Å². The Morgan fingerprint density at radius 2 is 1.81 bits per heavy atom. The van der Waals surface area contributed by atoms with Crippen molar-refractivity contribution in [3.63, 3.8) is 0 Å². The summed E-state index contributed by atoms with van der Waals surface area (Å²) < 4.78 is 27.9. The Morgan fingerprint density at radius 3 is 2.67 bits per heavy atom. The highest BCUT2D eigenvalue weighted by atomic mass is 32.2. The average molecular weight is 399 g/mol. The summed E-state index contributed by atoms with van der Waals surface area (Å²) in [6.07, 6.45) is 2.90. The molecule has 2 N–H and O–H groups in total. The number of thioether (sulfide) groups is 1. The summed E-state index contributed by atoms with van der Waals surface area (Å²) in [4.78, 5) is 4.59. The van der Waals surface area contributed by atoms with Gasteiger partial charge in [0.25, 0.3) is 10.0 Å². The monoisotopic (exact) mass is 398 g/mol. The van der Waals surface area contributed by atoms with Crippen molar-refractivity contribution in [3.8, 4) is 0 Å². The van der Waals surface area contributed by atoms with Gasteiger partial charge in [0.1, 0.15) is 0 Å². The molecule has 0 spiro atoms. The Bertz CT molecular complexity index is 1080. The molecule has 2 aromatic carbocycles. The molecule has 0 saturated carbocycles. The average Bonchev–Trinajstić information content (AvgIpc) is 3.13. The second-order valence-corrected chi connectivity index (χ2v) is 8.83. The third kappa shape index (κ3) is 4.23. The molecule has 0 radical (unpaired) electrons. The van der Waals surface area contributed by atoms with Gasteiger partial charge in [-0.1, -0.05) is 66.4 Å². The van der Waals surface area contributed by atoms with Crippen LogP contribution in [-0.2, 0) is 22.2 Å². The van der Waals surface area contributed by atoms with Gasteiger partial charge >= 0.3 is 0 Å². The predicted octanol–water partition coefficient (Wildman–Crippen LogP) is 3.83. The zero-order valence-corrected chi connectivity index (χ0v) is 16.1. The topological polar surface area (TPSA) is 87.7 Å². The molecule has 0 atom stereocenters. The minimum absolute atomic E-state index is 0.130. The van der Waals surface area contributed by atoms with Crippen LogP contribution in [0, 0.1) is 0 Å². The van der Waals surface area contributed by atoms with Crippen molar-refractivity contribution in [1.82, 2.24) is 15.2 Å². The van der Waals surface area contributed by atoms with Gasteiger partial charge in [0.15, 0.2) is 0 Å². The van der Waals surface area contributed by atoms with Gasteiger partial charge in [0, 0.05) is 5.75 Å². The van der Waals surface area contributed by atoms with E-state index in [1.165, 1.54) is 11.8 Å². The highest BCUT2D eigenvalue weighted by Crippen LogP contribution is 2.28. The number of H-pyrrole nitrogens is 1. The fraction of sp³-hybridized carbons (Fsp3) is 0.158. The van der Waals surface area contributed by atoms with E-state index in [0.29, 0.717) is 28.7 Å². The lowest BCUT2D eigenvalue weighted by molar-refractivity contribution is 0.604. The van der Waals surface area contributed by atoms with E-state index >= 15 is 0 Å². The number of fused-ring (bicyclic) bond motifs is 1. The van der Waals surface area contributed by atoms with E-state index in [-0.39, 0.29) is 5.95 Å². The number of sulfonamides is 1. The largest absolute Gasteiger partial charge is 0.260 e. The molecular formula is C19H18N4O2S2. The van der Waals surface area contributed by atoms with Gasteiger partial charge in [0.05, 0.1) is 4.91 Å². The van der Waals surface area contributed by atoms with Crippen LogP contribution in [0.2, 0.25) is 0 Å². The molecule has 0 saturated heterocycles. The Morgan fingerprint density at radius 1 is 1.04 bits per heavy atom. The first-order valence-corrected chi connectivity index (χ1v) is 11.0. The van der Waals surface area contributed by atoms with E-state index < -0.39 is 10.0 Å². The van der Waals surface area contributed by atoms with E-state index in [1.54, 1.807) is 6.08 Å². The van der Waals surface area contributed by atoms with E-state index in [4.69, 9.17) is 0 Å². The van der Waals surface area contributed by atoms with Gasteiger partial charge in [0.2, 0.25) is 11.1 Å². The fourth-order valence-corrected chi connectivity index (χ4v) is 4.77. The summed E-state index contributed by atoms with van der Waals surface area (Å²) in [7, 11) is -3.66. The number of aromatic amines is 1. The first-order valence-electron chi connectivity index (χ1n) is 8.50. The number of anilines is 1. The molecule has 27 heavy (non-hydrogen) atoms. The smallest absolute Gasteiger partial charge is 0.248 e. The van der Waals surface area contributed by atoms with Crippen molar-refractivity contribution in [3.05, 3.63) is 76.2 Å². The van der Waals surface area contributed by atoms with Crippen LogP contribution >= 0.6 is 11.8 Å². The third-order valence-electron chi connectivity index (χ3n) is 4.26. The fourth-order valence-electron chi connectivity index (χ4n) is 2.89. The molecule has 1 aliphatic carbocycles. The maximum absolute atomic E-state index is 12.7. The lowest BCUT2D eigenvalue weighted by Crippen LogP contribution is -2.18. The maximum Gasteiger partial charge on any atom is 0.260 e. The Kier molecular flexibility index (Phi) is 5.00. The normalized spacial score (nSPS) is 13.7. The van der Waals surface area contributed by atoms with Crippen LogP contribution in [0.5, 0.6) is 0 Å². The molecule has 1 aliphatic rings. The Labute approximate surface area is 162 Å². The quantitative estimate of drug-likeness (QED) is 0.616. The molecule has 0 aliphatic heterocycles. The van der Waals surface area contributed by atoms with Crippen LogP contribution in [0.15, 0.2) is 64.7 Å². The van der Waals surface area contributed by atoms with Crippen molar-refractivity contribution in [1.29, 1.82) is 0 Å². The number of rotatable bonds is 6. The first kappa shape index (κ1) is 17.8. The molecule has 0 fully saturated rings. The number of benzene rings is 2. The number of allylic oxidation sites excluding steroid dienone is 1. The van der Waals surface area contributed by atoms with Crippen LogP contribution in [-0.4, -0.2) is 23.6 Å². The predicted molar refractivity (Wildman–Crippen MR) is 108 cm³/mol. The van der Waals surface area contributed by atoms with Gasteiger partial charge in [-0.05, 0) is 35.6 Å². The molecule has 0 bridgehead atoms. The van der Waals surface area contributed by atoms with Crippen molar-refractivity contribution >= 4 is 33.8 Å². The Balaban J connectivity index is 1.45. The van der Waals surface area contributed by atoms with Crippen LogP contribution in [0.4, 0.5) is 5.95 Å². The van der Waals surface area contributed by atoms with E-state index in [0.717, 1.165) is 16.7 Å². The van der Waals surface area contributed by atoms with E-state index in [1.807, 2.05) is 54.6 Å². The van der Waals surface area contributed by atoms with Crippen molar-refractivity contribution in [2.24, 2.45) is 0 Å². The summed E-state index contributed by atoms with van der Waals surface area (Å²) in [5.74, 6) is 0.845. The van der Waals surface area contributed by atoms with Crippen molar-refractivity contribution in [2.45, 2.75) is 23.8 Å². The lowest BCUT2D eigenvalue weighted by Gasteiger charge is -2.16. The number of nitrogens with one attached hydrogen (secondary N) is 2. The van der Waals surface area contributed by atoms with Crippen LogP contribution < -0.4 is 4.72 Å². The number of nitrogens with zero attached hydrogens (tertiary/aromatic N) is 2. The molecule has 8 heteroatoms. The van der Waals surface area contributed by atoms with Gasteiger partial charge < -0.3 is 0 Å². The number of aromatic nitrogens is 3. The molecule has 0 unspecified atom stereocenters. The molecule has 138 valence electrons. The molecule has 1 heterocycles. The van der Waals surface area contributed by atoms with Gasteiger partial charge in [-0.15, -0.1) is 5.10 Å². The van der Waals surface area contributed by atoms with Crippen LogP contribution in [0.1, 0.15) is 23.1 Å². The van der Waals surface area contributed by atoms with E-state index in [2.05, 4.69) is 19.9 Å². The summed E-state index contributed by atoms with van der Waals surface area (Å²) >= 11 is 1.44. The summed E-state index contributed by atoms with van der Waals surface area (Å²) in [6.45, 7) is 0. The summed E-state index contributed by atoms with van der Waals surface area (Å²) in [6, 6.07) is 17.8. The van der Waals surface area contributed by atoms with E-state index in [9.17, 15) is 8.42 Å². The zero-order valence-electron chi connectivity index (χ0n) is 14.4. The first-order chi connectivity index (χ1) is 13.1.